The Morgan fingerprint density at radius 3 is 2.71 bits per heavy atom. The second kappa shape index (κ2) is 7.87. The van der Waals surface area contributed by atoms with Crippen LogP contribution in [0.4, 0.5) is 18.9 Å². The lowest BCUT2D eigenvalue weighted by Crippen LogP contribution is -2.32. The van der Waals surface area contributed by atoms with Crippen LogP contribution in [0, 0.1) is 6.92 Å². The highest BCUT2D eigenvalue weighted by Crippen LogP contribution is 2.15. The first-order chi connectivity index (χ1) is 9.76. The van der Waals surface area contributed by atoms with Gasteiger partial charge < -0.3 is 11.1 Å². The van der Waals surface area contributed by atoms with Crippen LogP contribution >= 0.6 is 0 Å². The number of nitrogens with one attached hydrogen (secondary N) is 1. The predicted molar refractivity (Wildman–Crippen MR) is 79.5 cm³/mol. The molecule has 21 heavy (non-hydrogen) atoms. The number of anilines is 1. The molecule has 0 radical (unpaired) electrons. The Morgan fingerprint density at radius 1 is 1.38 bits per heavy atom. The zero-order valence-electron chi connectivity index (χ0n) is 12.2. The number of benzene rings is 1. The van der Waals surface area contributed by atoms with Crippen LogP contribution < -0.4 is 11.1 Å². The first-order valence-corrected chi connectivity index (χ1v) is 6.65. The molecule has 0 fully saturated rings. The Kier molecular flexibility index (Phi) is 6.48. The molecule has 0 saturated heterocycles. The molecule has 7 heteroatoms. The van der Waals surface area contributed by atoms with Gasteiger partial charge in [-0.1, -0.05) is 12.1 Å². The highest BCUT2D eigenvalue weighted by molar-refractivity contribution is 5.92. The van der Waals surface area contributed by atoms with E-state index in [2.05, 4.69) is 10.3 Å². The smallest absolute Gasteiger partial charge is 0.370 e. The molecule has 0 saturated carbocycles. The van der Waals surface area contributed by atoms with E-state index in [4.69, 9.17) is 5.73 Å². The van der Waals surface area contributed by atoms with E-state index in [-0.39, 0.29) is 5.96 Å². The van der Waals surface area contributed by atoms with Crippen LogP contribution in [-0.2, 0) is 0 Å². The standard InChI is InChI=1S/C14H21F3N4/c1-11-5-3-6-12(9-11)20-13(18)19-7-4-8-21(2)10-14(15,16)17/h3,5-6,9H,4,7-8,10H2,1-2H3,(H3,18,19,20). The number of aliphatic imine (C=N–C) groups is 1. The third-order valence-corrected chi connectivity index (χ3v) is 2.72. The average molecular weight is 302 g/mol. The normalized spacial score (nSPS) is 12.8. The van der Waals surface area contributed by atoms with Crippen molar-refractivity contribution in [2.45, 2.75) is 19.5 Å². The van der Waals surface area contributed by atoms with Crippen LogP contribution in [0.5, 0.6) is 0 Å². The largest absolute Gasteiger partial charge is 0.401 e. The van der Waals surface area contributed by atoms with Gasteiger partial charge in [0.25, 0.3) is 0 Å². The molecule has 0 spiro atoms. The first kappa shape index (κ1) is 17.3. The fourth-order valence-electron chi connectivity index (χ4n) is 1.84. The minimum Gasteiger partial charge on any atom is -0.370 e. The molecule has 0 amide bonds. The molecule has 0 aliphatic rings. The summed E-state index contributed by atoms with van der Waals surface area (Å²) in [5.41, 5.74) is 7.66. The van der Waals surface area contributed by atoms with Crippen molar-refractivity contribution in [1.29, 1.82) is 0 Å². The monoisotopic (exact) mass is 302 g/mol. The topological polar surface area (TPSA) is 53.6 Å². The highest BCUT2D eigenvalue weighted by atomic mass is 19.4. The zero-order valence-corrected chi connectivity index (χ0v) is 12.2. The van der Waals surface area contributed by atoms with Gasteiger partial charge in [0.1, 0.15) is 0 Å². The van der Waals surface area contributed by atoms with Gasteiger partial charge in [-0.05, 0) is 44.6 Å². The van der Waals surface area contributed by atoms with Crippen molar-refractivity contribution < 1.29 is 13.2 Å². The number of guanidine groups is 1. The van der Waals surface area contributed by atoms with E-state index in [1.165, 1.54) is 11.9 Å². The van der Waals surface area contributed by atoms with Crippen LogP contribution in [0.15, 0.2) is 29.3 Å². The summed E-state index contributed by atoms with van der Waals surface area (Å²) >= 11 is 0. The van der Waals surface area contributed by atoms with Crippen LogP contribution in [0.1, 0.15) is 12.0 Å². The molecule has 118 valence electrons. The Morgan fingerprint density at radius 2 is 2.10 bits per heavy atom. The molecule has 0 heterocycles. The van der Waals surface area contributed by atoms with E-state index >= 15 is 0 Å². The fourth-order valence-corrected chi connectivity index (χ4v) is 1.84. The highest BCUT2D eigenvalue weighted by Gasteiger charge is 2.28. The second-order valence-electron chi connectivity index (χ2n) is 4.97. The van der Waals surface area contributed by atoms with Gasteiger partial charge in [-0.2, -0.15) is 13.2 Å². The molecule has 0 bridgehead atoms. The Labute approximate surface area is 122 Å². The fraction of sp³-hybridized carbons (Fsp3) is 0.500. The molecule has 0 aliphatic heterocycles. The minimum absolute atomic E-state index is 0.263. The van der Waals surface area contributed by atoms with Crippen molar-refractivity contribution in [3.63, 3.8) is 0 Å². The van der Waals surface area contributed by atoms with Crippen molar-refractivity contribution in [3.8, 4) is 0 Å². The molecule has 1 aromatic rings. The number of nitrogens with zero attached hydrogens (tertiary/aromatic N) is 2. The molecule has 4 nitrogen and oxygen atoms in total. The van der Waals surface area contributed by atoms with Crippen molar-refractivity contribution in [2.24, 2.45) is 10.7 Å². The van der Waals surface area contributed by atoms with Crippen LogP contribution in [0.2, 0.25) is 0 Å². The van der Waals surface area contributed by atoms with Gasteiger partial charge in [0, 0.05) is 12.2 Å². The molecular formula is C14H21F3N4. The average Bonchev–Trinajstić information content (AvgIpc) is 2.32. The molecule has 0 atom stereocenters. The maximum absolute atomic E-state index is 12.1. The summed E-state index contributed by atoms with van der Waals surface area (Å²) in [6.45, 7) is 1.76. The zero-order chi connectivity index (χ0) is 15.9. The molecule has 0 aliphatic carbocycles. The van der Waals surface area contributed by atoms with Crippen molar-refractivity contribution >= 4 is 11.6 Å². The Balaban J connectivity index is 2.30. The Hall–Kier alpha value is -1.76. The number of nitrogens with two attached hydrogens (primary N) is 1. The van der Waals surface area contributed by atoms with Gasteiger partial charge >= 0.3 is 6.18 Å². The first-order valence-electron chi connectivity index (χ1n) is 6.65. The third-order valence-electron chi connectivity index (χ3n) is 2.72. The van der Waals surface area contributed by atoms with E-state index in [1.54, 1.807) is 0 Å². The van der Waals surface area contributed by atoms with Gasteiger partial charge in [-0.15, -0.1) is 0 Å². The minimum atomic E-state index is -4.16. The van der Waals surface area contributed by atoms with Gasteiger partial charge in [-0.3, -0.25) is 9.89 Å². The molecule has 1 rings (SSSR count). The summed E-state index contributed by atoms with van der Waals surface area (Å²) in [6, 6.07) is 7.66. The summed E-state index contributed by atoms with van der Waals surface area (Å²) < 4.78 is 36.4. The third kappa shape index (κ3) is 8.19. The lowest BCUT2D eigenvalue weighted by atomic mass is 10.2. The maximum atomic E-state index is 12.1. The van der Waals surface area contributed by atoms with Crippen LogP contribution in [0.3, 0.4) is 0 Å². The van der Waals surface area contributed by atoms with Crippen molar-refractivity contribution in [2.75, 3.05) is 32.0 Å². The van der Waals surface area contributed by atoms with E-state index in [0.29, 0.717) is 19.5 Å². The lowest BCUT2D eigenvalue weighted by Gasteiger charge is -2.17. The quantitative estimate of drug-likeness (QED) is 0.482. The molecule has 0 unspecified atom stereocenters. The predicted octanol–water partition coefficient (Wildman–Crippen LogP) is 2.61. The van der Waals surface area contributed by atoms with E-state index in [1.807, 2.05) is 31.2 Å². The van der Waals surface area contributed by atoms with Crippen molar-refractivity contribution in [1.82, 2.24) is 4.90 Å². The summed E-state index contributed by atoms with van der Waals surface area (Å²) in [4.78, 5) is 5.31. The van der Waals surface area contributed by atoms with Crippen molar-refractivity contribution in [3.05, 3.63) is 29.8 Å². The Bertz CT molecular complexity index is 472. The lowest BCUT2D eigenvalue weighted by molar-refractivity contribution is -0.143. The number of halogens is 3. The number of hydrogen-bond donors (Lipinski definition) is 2. The molecule has 3 N–H and O–H groups in total. The summed E-state index contributed by atoms with van der Waals surface area (Å²) in [5, 5.41) is 2.94. The van der Waals surface area contributed by atoms with E-state index in [0.717, 1.165) is 11.3 Å². The molecule has 1 aromatic carbocycles. The van der Waals surface area contributed by atoms with E-state index < -0.39 is 12.7 Å². The summed E-state index contributed by atoms with van der Waals surface area (Å²) in [5.74, 6) is 0.263. The second-order valence-corrected chi connectivity index (χ2v) is 4.97. The number of rotatable bonds is 6. The number of aryl methyl sites for hydroxylation is 1. The van der Waals surface area contributed by atoms with Gasteiger partial charge in [0.15, 0.2) is 5.96 Å². The number of alkyl halides is 3. The summed E-state index contributed by atoms with van der Waals surface area (Å²) in [7, 11) is 1.44. The van der Waals surface area contributed by atoms with Gasteiger partial charge in [-0.25, -0.2) is 0 Å². The van der Waals surface area contributed by atoms with Crippen LogP contribution in [0.25, 0.3) is 0 Å². The SMILES string of the molecule is Cc1cccc(NC(N)=NCCCN(C)CC(F)(F)F)c1. The van der Waals surface area contributed by atoms with Gasteiger partial charge in [0.2, 0.25) is 0 Å². The van der Waals surface area contributed by atoms with E-state index in [9.17, 15) is 13.2 Å². The van der Waals surface area contributed by atoms with Gasteiger partial charge in [0.05, 0.1) is 6.54 Å². The molecule has 0 aromatic heterocycles. The maximum Gasteiger partial charge on any atom is 0.401 e. The number of hydrogen-bond acceptors (Lipinski definition) is 2. The molecular weight excluding hydrogens is 281 g/mol. The summed E-state index contributed by atoms with van der Waals surface area (Å²) in [6.07, 6.45) is -3.65. The van der Waals surface area contributed by atoms with Crippen LogP contribution in [-0.4, -0.2) is 43.7 Å².